The topological polar surface area (TPSA) is 32.3 Å². The molecule has 0 aliphatic carbocycles. The summed E-state index contributed by atoms with van der Waals surface area (Å²) in [5.41, 5.74) is 3.27. The van der Waals surface area contributed by atoms with Crippen molar-refractivity contribution in [3.63, 3.8) is 0 Å². The molecule has 3 nitrogen and oxygen atoms in total. The molecule has 1 heterocycles. The molecule has 0 fully saturated rings. The number of nitrogens with zero attached hydrogens (tertiary/aromatic N) is 1. The SMILES string of the molecule is Cc1ccc(NC(=O)CN(C)Cc2ccc(Br)s2)cc1C. The summed E-state index contributed by atoms with van der Waals surface area (Å²) in [5, 5.41) is 2.95. The third-order valence-corrected chi connectivity index (χ3v) is 4.87. The highest BCUT2D eigenvalue weighted by Gasteiger charge is 2.09. The minimum absolute atomic E-state index is 0.0105. The fourth-order valence-electron chi connectivity index (χ4n) is 2.02. The second-order valence-corrected chi connectivity index (χ2v) is 7.77. The van der Waals surface area contributed by atoms with E-state index >= 15 is 0 Å². The van der Waals surface area contributed by atoms with Crippen molar-refractivity contribution in [1.29, 1.82) is 0 Å². The van der Waals surface area contributed by atoms with Crippen LogP contribution in [-0.4, -0.2) is 24.4 Å². The number of halogens is 1. The van der Waals surface area contributed by atoms with Crippen LogP contribution in [0.4, 0.5) is 5.69 Å². The number of carbonyl (C=O) groups excluding carboxylic acids is 1. The molecule has 1 amide bonds. The maximum absolute atomic E-state index is 12.1. The van der Waals surface area contributed by atoms with Crippen molar-refractivity contribution in [2.45, 2.75) is 20.4 Å². The first kappa shape index (κ1) is 16.2. The van der Waals surface area contributed by atoms with Crippen molar-refractivity contribution in [1.82, 2.24) is 4.90 Å². The molecule has 0 saturated carbocycles. The molecule has 0 radical (unpaired) electrons. The maximum atomic E-state index is 12.1. The standard InChI is InChI=1S/C16H19BrN2OS/c1-11-4-5-13(8-12(11)2)18-16(20)10-19(3)9-14-6-7-15(17)21-14/h4-8H,9-10H2,1-3H3,(H,18,20). The van der Waals surface area contributed by atoms with Crippen LogP contribution in [0.3, 0.4) is 0 Å². The van der Waals surface area contributed by atoms with E-state index in [1.807, 2.05) is 43.1 Å². The first-order valence-electron chi connectivity index (χ1n) is 6.74. The first-order chi connectivity index (χ1) is 9.94. The van der Waals surface area contributed by atoms with Crippen LogP contribution < -0.4 is 5.32 Å². The van der Waals surface area contributed by atoms with Crippen molar-refractivity contribution in [3.05, 3.63) is 50.1 Å². The van der Waals surface area contributed by atoms with E-state index in [1.54, 1.807) is 11.3 Å². The van der Waals surface area contributed by atoms with Gasteiger partial charge in [0.1, 0.15) is 0 Å². The van der Waals surface area contributed by atoms with E-state index in [-0.39, 0.29) is 5.91 Å². The van der Waals surface area contributed by atoms with Crippen LogP contribution in [0, 0.1) is 13.8 Å². The van der Waals surface area contributed by atoms with E-state index in [2.05, 4.69) is 34.2 Å². The Morgan fingerprint density at radius 3 is 2.62 bits per heavy atom. The van der Waals surface area contributed by atoms with Gasteiger partial charge in [-0.3, -0.25) is 9.69 Å². The number of nitrogens with one attached hydrogen (secondary N) is 1. The minimum Gasteiger partial charge on any atom is -0.325 e. The van der Waals surface area contributed by atoms with Crippen LogP contribution in [0.2, 0.25) is 0 Å². The zero-order valence-electron chi connectivity index (χ0n) is 12.4. The van der Waals surface area contributed by atoms with Crippen molar-refractivity contribution in [2.75, 3.05) is 18.9 Å². The molecule has 0 bridgehead atoms. The van der Waals surface area contributed by atoms with Gasteiger partial charge < -0.3 is 5.32 Å². The van der Waals surface area contributed by atoms with Crippen LogP contribution >= 0.6 is 27.3 Å². The number of carbonyl (C=O) groups is 1. The van der Waals surface area contributed by atoms with Gasteiger partial charge >= 0.3 is 0 Å². The molecule has 21 heavy (non-hydrogen) atoms. The molecule has 0 atom stereocenters. The molecule has 1 aromatic carbocycles. The summed E-state index contributed by atoms with van der Waals surface area (Å²) in [6.07, 6.45) is 0. The largest absolute Gasteiger partial charge is 0.325 e. The quantitative estimate of drug-likeness (QED) is 0.859. The molecule has 0 spiro atoms. The number of anilines is 1. The predicted octanol–water partition coefficient (Wildman–Crippen LogP) is 4.20. The Kier molecular flexibility index (Phi) is 5.56. The third kappa shape index (κ3) is 4.95. The fraction of sp³-hybridized carbons (Fsp3) is 0.312. The van der Waals surface area contributed by atoms with E-state index < -0.39 is 0 Å². The highest BCUT2D eigenvalue weighted by molar-refractivity contribution is 9.11. The maximum Gasteiger partial charge on any atom is 0.238 e. The van der Waals surface area contributed by atoms with Crippen LogP contribution in [0.25, 0.3) is 0 Å². The average molecular weight is 367 g/mol. The lowest BCUT2D eigenvalue weighted by Gasteiger charge is -2.15. The van der Waals surface area contributed by atoms with E-state index in [0.717, 1.165) is 16.0 Å². The number of amides is 1. The lowest BCUT2D eigenvalue weighted by molar-refractivity contribution is -0.117. The average Bonchev–Trinajstić information content (AvgIpc) is 2.79. The van der Waals surface area contributed by atoms with E-state index in [4.69, 9.17) is 0 Å². The molecule has 0 aliphatic heterocycles. The van der Waals surface area contributed by atoms with Crippen LogP contribution in [0.1, 0.15) is 16.0 Å². The molecule has 5 heteroatoms. The molecule has 0 saturated heterocycles. The normalized spacial score (nSPS) is 10.9. The summed E-state index contributed by atoms with van der Waals surface area (Å²) in [4.78, 5) is 15.3. The van der Waals surface area contributed by atoms with Crippen molar-refractivity contribution in [2.24, 2.45) is 0 Å². The Labute approximate surface area is 138 Å². The molecule has 0 aliphatic rings. The van der Waals surface area contributed by atoms with Crippen LogP contribution in [0.5, 0.6) is 0 Å². The summed E-state index contributed by atoms with van der Waals surface area (Å²) in [6, 6.07) is 10.1. The van der Waals surface area contributed by atoms with Crippen LogP contribution in [-0.2, 0) is 11.3 Å². The number of hydrogen-bond acceptors (Lipinski definition) is 3. The van der Waals surface area contributed by atoms with Gasteiger partial charge in [0.2, 0.25) is 5.91 Å². The molecule has 112 valence electrons. The molecule has 1 aromatic heterocycles. The Balaban J connectivity index is 1.87. The lowest BCUT2D eigenvalue weighted by Crippen LogP contribution is -2.29. The highest BCUT2D eigenvalue weighted by Crippen LogP contribution is 2.23. The van der Waals surface area contributed by atoms with E-state index in [9.17, 15) is 4.79 Å². The Bertz CT molecular complexity index is 639. The Morgan fingerprint density at radius 2 is 2.00 bits per heavy atom. The van der Waals surface area contributed by atoms with Crippen LogP contribution in [0.15, 0.2) is 34.1 Å². The molecule has 0 unspecified atom stereocenters. The predicted molar refractivity (Wildman–Crippen MR) is 92.9 cm³/mol. The Hall–Kier alpha value is -1.17. The van der Waals surface area contributed by atoms with Gasteiger partial charge in [0.05, 0.1) is 10.3 Å². The highest BCUT2D eigenvalue weighted by atomic mass is 79.9. The van der Waals surface area contributed by atoms with E-state index in [1.165, 1.54) is 16.0 Å². The number of benzene rings is 1. The number of rotatable bonds is 5. The number of aryl methyl sites for hydroxylation is 2. The summed E-state index contributed by atoms with van der Waals surface area (Å²) in [5.74, 6) is 0.0105. The smallest absolute Gasteiger partial charge is 0.238 e. The van der Waals surface area contributed by atoms with Gasteiger partial charge in [-0.25, -0.2) is 0 Å². The van der Waals surface area contributed by atoms with Gasteiger partial charge in [-0.1, -0.05) is 6.07 Å². The van der Waals surface area contributed by atoms with Crippen molar-refractivity contribution >= 4 is 38.9 Å². The zero-order chi connectivity index (χ0) is 15.4. The monoisotopic (exact) mass is 366 g/mol. The molecule has 1 N–H and O–H groups in total. The Morgan fingerprint density at radius 1 is 1.24 bits per heavy atom. The van der Waals surface area contributed by atoms with Crippen molar-refractivity contribution in [3.8, 4) is 0 Å². The number of likely N-dealkylation sites (N-methyl/N-ethyl adjacent to an activating group) is 1. The van der Waals surface area contributed by atoms with Gasteiger partial charge in [-0.05, 0) is 72.2 Å². The van der Waals surface area contributed by atoms with Gasteiger partial charge in [0.15, 0.2) is 0 Å². The molecule has 2 aromatic rings. The van der Waals surface area contributed by atoms with Crippen molar-refractivity contribution < 1.29 is 4.79 Å². The summed E-state index contributed by atoms with van der Waals surface area (Å²) >= 11 is 5.14. The van der Waals surface area contributed by atoms with Gasteiger partial charge in [-0.2, -0.15) is 0 Å². The first-order valence-corrected chi connectivity index (χ1v) is 8.35. The summed E-state index contributed by atoms with van der Waals surface area (Å²) < 4.78 is 1.12. The summed E-state index contributed by atoms with van der Waals surface area (Å²) in [7, 11) is 1.95. The fourth-order valence-corrected chi connectivity index (χ4v) is 3.59. The molecular formula is C16H19BrN2OS. The third-order valence-electron chi connectivity index (χ3n) is 3.26. The minimum atomic E-state index is 0.0105. The molecular weight excluding hydrogens is 348 g/mol. The molecule has 2 rings (SSSR count). The van der Waals surface area contributed by atoms with E-state index in [0.29, 0.717) is 6.54 Å². The second-order valence-electron chi connectivity index (χ2n) is 5.23. The number of hydrogen-bond donors (Lipinski definition) is 1. The lowest BCUT2D eigenvalue weighted by atomic mass is 10.1. The zero-order valence-corrected chi connectivity index (χ0v) is 14.8. The summed E-state index contributed by atoms with van der Waals surface area (Å²) in [6.45, 7) is 5.26. The van der Waals surface area contributed by atoms with Gasteiger partial charge in [0.25, 0.3) is 0 Å². The van der Waals surface area contributed by atoms with Gasteiger partial charge in [-0.15, -0.1) is 11.3 Å². The number of thiophene rings is 1. The van der Waals surface area contributed by atoms with Gasteiger partial charge in [0, 0.05) is 17.1 Å². The second kappa shape index (κ2) is 7.20.